The standard InChI is InChI=1S/C20H33N5O2.HI/c1-4-5-10-24(3)11-8-22-20(21-2)23-9-12-25-18(26)16-14-6-7-15(13-14)17(16)19(25)27;/h6-7,14-17H,4-5,8-13H2,1-3H3,(H2,21,22,23);1H. The van der Waals surface area contributed by atoms with Gasteiger partial charge in [0.25, 0.3) is 0 Å². The maximum absolute atomic E-state index is 12.7. The van der Waals surface area contributed by atoms with Crippen molar-refractivity contribution in [3.05, 3.63) is 12.2 Å². The molecule has 1 aliphatic heterocycles. The molecule has 4 atom stereocenters. The highest BCUT2D eigenvalue weighted by Gasteiger charge is 2.58. The van der Waals surface area contributed by atoms with Gasteiger partial charge in [0.15, 0.2) is 5.96 Å². The first-order chi connectivity index (χ1) is 13.1. The lowest BCUT2D eigenvalue weighted by molar-refractivity contribution is -0.140. The number of hydrogen-bond donors (Lipinski definition) is 2. The molecule has 2 amide bonds. The number of imide groups is 1. The Labute approximate surface area is 185 Å². The number of halogens is 1. The fraction of sp³-hybridized carbons (Fsp3) is 0.750. The van der Waals surface area contributed by atoms with Crippen LogP contribution >= 0.6 is 24.0 Å². The zero-order valence-corrected chi connectivity index (χ0v) is 19.5. The molecule has 0 aromatic carbocycles. The van der Waals surface area contributed by atoms with Crippen LogP contribution in [0.5, 0.6) is 0 Å². The number of guanidine groups is 1. The smallest absolute Gasteiger partial charge is 0.233 e. The Morgan fingerprint density at radius 2 is 1.75 bits per heavy atom. The largest absolute Gasteiger partial charge is 0.355 e. The van der Waals surface area contributed by atoms with E-state index in [-0.39, 0.29) is 59.5 Å². The molecule has 0 radical (unpaired) electrons. The van der Waals surface area contributed by atoms with Crippen LogP contribution in [-0.4, -0.2) is 74.4 Å². The van der Waals surface area contributed by atoms with Gasteiger partial charge >= 0.3 is 0 Å². The summed E-state index contributed by atoms with van der Waals surface area (Å²) in [5, 5.41) is 6.50. The van der Waals surface area contributed by atoms with Gasteiger partial charge < -0.3 is 15.5 Å². The number of carbonyl (C=O) groups is 2. The minimum atomic E-state index is -0.108. The molecule has 8 heteroatoms. The number of unbranched alkanes of at least 4 members (excludes halogenated alkanes) is 1. The quantitative estimate of drug-likeness (QED) is 0.163. The van der Waals surface area contributed by atoms with Crippen LogP contribution in [0.3, 0.4) is 0 Å². The second kappa shape index (κ2) is 10.6. The Bertz CT molecular complexity index is 594. The number of amides is 2. The number of fused-ring (bicyclic) bond motifs is 5. The third-order valence-electron chi connectivity index (χ3n) is 6.09. The van der Waals surface area contributed by atoms with Gasteiger partial charge in [-0.05, 0) is 38.3 Å². The number of rotatable bonds is 9. The van der Waals surface area contributed by atoms with Crippen LogP contribution in [0.15, 0.2) is 17.1 Å². The molecule has 1 saturated heterocycles. The molecule has 2 aliphatic carbocycles. The maximum atomic E-state index is 12.7. The SMILES string of the molecule is CCCCN(C)CCNC(=NC)NCCN1C(=O)C2C3C=CC(C3)C2C1=O.I. The van der Waals surface area contributed by atoms with E-state index in [1.807, 2.05) is 0 Å². The molecule has 0 spiro atoms. The number of nitrogens with one attached hydrogen (secondary N) is 2. The molecular formula is C20H34IN5O2. The second-order valence-corrected chi connectivity index (χ2v) is 7.91. The summed E-state index contributed by atoms with van der Waals surface area (Å²) in [6, 6.07) is 0. The van der Waals surface area contributed by atoms with E-state index < -0.39 is 0 Å². The lowest BCUT2D eigenvalue weighted by Crippen LogP contribution is -2.45. The van der Waals surface area contributed by atoms with Gasteiger partial charge in [-0.1, -0.05) is 25.5 Å². The van der Waals surface area contributed by atoms with E-state index in [2.05, 4.69) is 46.6 Å². The number of hydrogen-bond acceptors (Lipinski definition) is 4. The zero-order chi connectivity index (χ0) is 19.4. The summed E-state index contributed by atoms with van der Waals surface area (Å²) in [7, 11) is 3.85. The van der Waals surface area contributed by atoms with Crippen molar-refractivity contribution in [3.63, 3.8) is 0 Å². The summed E-state index contributed by atoms with van der Waals surface area (Å²) >= 11 is 0. The third-order valence-corrected chi connectivity index (χ3v) is 6.09. The first-order valence-corrected chi connectivity index (χ1v) is 10.2. The number of allylic oxidation sites excluding steroid dienone is 2. The van der Waals surface area contributed by atoms with Crippen LogP contribution in [0.4, 0.5) is 0 Å². The molecule has 28 heavy (non-hydrogen) atoms. The third kappa shape index (κ3) is 4.87. The fourth-order valence-electron chi connectivity index (χ4n) is 4.60. The van der Waals surface area contributed by atoms with Crippen LogP contribution in [0.1, 0.15) is 26.2 Å². The highest BCUT2D eigenvalue weighted by molar-refractivity contribution is 14.0. The van der Waals surface area contributed by atoms with Gasteiger partial charge in [0, 0.05) is 33.2 Å². The maximum Gasteiger partial charge on any atom is 0.233 e. The van der Waals surface area contributed by atoms with E-state index in [0.717, 1.165) is 26.1 Å². The van der Waals surface area contributed by atoms with Crippen LogP contribution in [0.25, 0.3) is 0 Å². The van der Waals surface area contributed by atoms with Gasteiger partial charge in [-0.2, -0.15) is 0 Å². The second-order valence-electron chi connectivity index (χ2n) is 7.91. The lowest BCUT2D eigenvalue weighted by Gasteiger charge is -2.20. The zero-order valence-electron chi connectivity index (χ0n) is 17.2. The topological polar surface area (TPSA) is 77.0 Å². The minimum absolute atomic E-state index is 0. The van der Waals surface area contributed by atoms with Gasteiger partial charge in [-0.3, -0.25) is 19.5 Å². The summed E-state index contributed by atoms with van der Waals surface area (Å²) < 4.78 is 0. The van der Waals surface area contributed by atoms with Gasteiger partial charge in [-0.25, -0.2) is 0 Å². The average molecular weight is 503 g/mol. The molecule has 0 aromatic heterocycles. The normalized spacial score (nSPS) is 28.1. The molecule has 3 aliphatic rings. The van der Waals surface area contributed by atoms with E-state index in [4.69, 9.17) is 0 Å². The molecule has 1 saturated carbocycles. The molecule has 3 rings (SSSR count). The summed E-state index contributed by atoms with van der Waals surface area (Å²) in [6.45, 7) is 5.97. The van der Waals surface area contributed by atoms with Crippen molar-refractivity contribution >= 4 is 41.8 Å². The van der Waals surface area contributed by atoms with E-state index in [9.17, 15) is 9.59 Å². The van der Waals surface area contributed by atoms with Crippen molar-refractivity contribution in [2.24, 2.45) is 28.7 Å². The molecule has 2 bridgehead atoms. The summed E-state index contributed by atoms with van der Waals surface area (Å²) in [6.07, 6.45) is 7.64. The highest BCUT2D eigenvalue weighted by Crippen LogP contribution is 2.52. The van der Waals surface area contributed by atoms with Crippen molar-refractivity contribution in [1.82, 2.24) is 20.4 Å². The lowest BCUT2D eigenvalue weighted by atomic mass is 9.85. The fourth-order valence-corrected chi connectivity index (χ4v) is 4.60. The van der Waals surface area contributed by atoms with Gasteiger partial charge in [0.1, 0.15) is 0 Å². The number of likely N-dealkylation sites (N-methyl/N-ethyl adjacent to an activating group) is 1. The molecule has 1 heterocycles. The Kier molecular flexibility index (Phi) is 8.73. The van der Waals surface area contributed by atoms with Gasteiger partial charge in [-0.15, -0.1) is 24.0 Å². The van der Waals surface area contributed by atoms with Crippen LogP contribution in [0, 0.1) is 23.7 Å². The molecule has 2 fully saturated rings. The summed E-state index contributed by atoms with van der Waals surface area (Å²) in [4.78, 5) is 33.3. The Morgan fingerprint density at radius 1 is 1.14 bits per heavy atom. The number of likely N-dealkylation sites (tertiary alicyclic amines) is 1. The number of carbonyl (C=O) groups excluding carboxylic acids is 2. The molecule has 158 valence electrons. The molecule has 4 unspecified atom stereocenters. The number of nitrogens with zero attached hydrogens (tertiary/aromatic N) is 3. The first-order valence-electron chi connectivity index (χ1n) is 10.2. The van der Waals surface area contributed by atoms with Gasteiger partial charge in [0.2, 0.25) is 11.8 Å². The van der Waals surface area contributed by atoms with Crippen molar-refractivity contribution in [1.29, 1.82) is 0 Å². The average Bonchev–Trinajstić information content (AvgIpc) is 3.34. The predicted octanol–water partition coefficient (Wildman–Crippen LogP) is 1.31. The van der Waals surface area contributed by atoms with Crippen molar-refractivity contribution in [3.8, 4) is 0 Å². The Hall–Kier alpha value is -1.16. The van der Waals surface area contributed by atoms with E-state index in [0.29, 0.717) is 19.0 Å². The van der Waals surface area contributed by atoms with Crippen LogP contribution in [0.2, 0.25) is 0 Å². The van der Waals surface area contributed by atoms with Crippen LogP contribution < -0.4 is 10.6 Å². The van der Waals surface area contributed by atoms with E-state index >= 15 is 0 Å². The Balaban J connectivity index is 0.00000280. The highest BCUT2D eigenvalue weighted by atomic mass is 127. The summed E-state index contributed by atoms with van der Waals surface area (Å²) in [5.74, 6) is 1.07. The van der Waals surface area contributed by atoms with Crippen molar-refractivity contribution in [2.45, 2.75) is 26.2 Å². The van der Waals surface area contributed by atoms with E-state index in [1.54, 1.807) is 7.05 Å². The molecular weight excluding hydrogens is 469 g/mol. The Morgan fingerprint density at radius 3 is 2.32 bits per heavy atom. The first kappa shape index (κ1) is 23.1. The van der Waals surface area contributed by atoms with Gasteiger partial charge in [0.05, 0.1) is 11.8 Å². The van der Waals surface area contributed by atoms with E-state index in [1.165, 1.54) is 17.7 Å². The van der Waals surface area contributed by atoms with Crippen molar-refractivity contribution in [2.75, 3.05) is 46.8 Å². The molecule has 7 nitrogen and oxygen atoms in total. The predicted molar refractivity (Wildman–Crippen MR) is 122 cm³/mol. The molecule has 2 N–H and O–H groups in total. The summed E-state index contributed by atoms with van der Waals surface area (Å²) in [5.41, 5.74) is 0. The minimum Gasteiger partial charge on any atom is -0.355 e. The monoisotopic (exact) mass is 503 g/mol. The molecule has 0 aromatic rings. The van der Waals surface area contributed by atoms with Crippen molar-refractivity contribution < 1.29 is 9.59 Å². The number of aliphatic imine (C=N–C) groups is 1. The van der Waals surface area contributed by atoms with Crippen LogP contribution in [-0.2, 0) is 9.59 Å².